The molecule has 1 heterocycles. The maximum Gasteiger partial charge on any atom is 0.258 e. The normalized spacial score (nSPS) is 11.9. The van der Waals surface area contributed by atoms with Gasteiger partial charge >= 0.3 is 0 Å². The van der Waals surface area contributed by atoms with E-state index in [1.54, 1.807) is 6.07 Å². The molecule has 0 saturated carbocycles. The minimum atomic E-state index is 0.0385. The Bertz CT molecular complexity index is 337. The first-order valence-corrected chi connectivity index (χ1v) is 6.57. The van der Waals surface area contributed by atoms with E-state index in [4.69, 9.17) is 0 Å². The smallest absolute Gasteiger partial charge is 0.258 e. The largest absolute Gasteiger partial charge is 0.278 e. The van der Waals surface area contributed by atoms with Gasteiger partial charge in [0.2, 0.25) is 0 Å². The van der Waals surface area contributed by atoms with E-state index in [9.17, 15) is 4.79 Å². The zero-order valence-corrected chi connectivity index (χ0v) is 10.7. The average molecular weight is 227 g/mol. The molecule has 15 heavy (non-hydrogen) atoms. The molecule has 86 valence electrons. The van der Waals surface area contributed by atoms with Crippen LogP contribution in [0.25, 0.3) is 0 Å². The van der Waals surface area contributed by atoms with E-state index in [0.717, 1.165) is 0 Å². The second-order valence-electron chi connectivity index (χ2n) is 4.77. The highest BCUT2D eigenvalue weighted by atomic mass is 32.1. The van der Waals surface area contributed by atoms with Crippen LogP contribution in [0.4, 0.5) is 0 Å². The maximum atomic E-state index is 11.1. The van der Waals surface area contributed by atoms with Gasteiger partial charge in [-0.25, -0.2) is 0 Å². The molecule has 1 N–H and O–H groups in total. The van der Waals surface area contributed by atoms with E-state index >= 15 is 0 Å². The minimum Gasteiger partial charge on any atom is -0.278 e. The summed E-state index contributed by atoms with van der Waals surface area (Å²) in [6.07, 6.45) is 6.32. The van der Waals surface area contributed by atoms with Crippen LogP contribution < -0.4 is 5.56 Å². The Morgan fingerprint density at radius 1 is 1.33 bits per heavy atom. The maximum absolute atomic E-state index is 11.1. The highest BCUT2D eigenvalue weighted by molar-refractivity contribution is 7.05. The van der Waals surface area contributed by atoms with Gasteiger partial charge in [-0.1, -0.05) is 58.0 Å². The zero-order chi connectivity index (χ0) is 11.3. The molecule has 0 aliphatic heterocycles. The van der Waals surface area contributed by atoms with Crippen molar-refractivity contribution in [2.24, 2.45) is 0 Å². The van der Waals surface area contributed by atoms with Crippen LogP contribution >= 0.6 is 11.5 Å². The lowest BCUT2D eigenvalue weighted by Gasteiger charge is -2.22. The number of hydrogen-bond donors (Lipinski definition) is 1. The SMILES string of the molecule is CCCCCCC(C)(C)c1cc(=O)[nH]s1. The van der Waals surface area contributed by atoms with Crippen molar-refractivity contribution in [1.29, 1.82) is 0 Å². The Morgan fingerprint density at radius 3 is 2.60 bits per heavy atom. The number of aromatic nitrogens is 1. The van der Waals surface area contributed by atoms with Crippen LogP contribution in [0.2, 0.25) is 0 Å². The number of H-pyrrole nitrogens is 1. The molecule has 0 spiro atoms. The predicted molar refractivity (Wildman–Crippen MR) is 66.7 cm³/mol. The Kier molecular flexibility index (Phi) is 4.58. The molecule has 0 unspecified atom stereocenters. The van der Waals surface area contributed by atoms with Gasteiger partial charge in [-0.15, -0.1) is 0 Å². The van der Waals surface area contributed by atoms with Gasteiger partial charge in [0.05, 0.1) is 0 Å². The van der Waals surface area contributed by atoms with E-state index < -0.39 is 0 Å². The van der Waals surface area contributed by atoms with E-state index in [1.807, 2.05) is 0 Å². The molecule has 0 amide bonds. The summed E-state index contributed by atoms with van der Waals surface area (Å²) in [7, 11) is 0. The summed E-state index contributed by atoms with van der Waals surface area (Å²) in [5.41, 5.74) is 0.189. The zero-order valence-electron chi connectivity index (χ0n) is 9.93. The van der Waals surface area contributed by atoms with Gasteiger partial charge in [0.15, 0.2) is 0 Å². The third kappa shape index (κ3) is 3.82. The van der Waals surface area contributed by atoms with Gasteiger partial charge in [-0.2, -0.15) is 0 Å². The molecule has 1 aromatic heterocycles. The van der Waals surface area contributed by atoms with Crippen molar-refractivity contribution in [2.45, 2.75) is 58.3 Å². The standard InChI is InChI=1S/C12H21NOS/c1-4-5-6-7-8-12(2,3)10-9-11(14)13-15-10/h9H,4-8H2,1-3H3,(H,13,14). The summed E-state index contributed by atoms with van der Waals surface area (Å²) >= 11 is 1.48. The molecule has 1 aromatic rings. The number of nitrogens with one attached hydrogen (secondary N) is 1. The highest BCUT2D eigenvalue weighted by Crippen LogP contribution is 2.30. The van der Waals surface area contributed by atoms with Crippen LogP contribution in [0.15, 0.2) is 10.9 Å². The fourth-order valence-corrected chi connectivity index (χ4v) is 2.55. The van der Waals surface area contributed by atoms with Crippen molar-refractivity contribution in [3.05, 3.63) is 21.3 Å². The quantitative estimate of drug-likeness (QED) is 0.739. The second-order valence-corrected chi connectivity index (χ2v) is 5.62. The molecule has 0 aliphatic carbocycles. The Morgan fingerprint density at radius 2 is 2.07 bits per heavy atom. The molecule has 0 aliphatic rings. The minimum absolute atomic E-state index is 0.0385. The Balaban J connectivity index is 2.48. The van der Waals surface area contributed by atoms with Gasteiger partial charge in [-0.3, -0.25) is 9.17 Å². The summed E-state index contributed by atoms with van der Waals surface area (Å²) in [5.74, 6) is 0. The second kappa shape index (κ2) is 5.50. The molecular weight excluding hydrogens is 206 g/mol. The summed E-state index contributed by atoms with van der Waals surface area (Å²) in [5, 5.41) is 0. The van der Waals surface area contributed by atoms with Crippen molar-refractivity contribution >= 4 is 11.5 Å². The first kappa shape index (κ1) is 12.5. The van der Waals surface area contributed by atoms with Crippen LogP contribution in [0, 0.1) is 0 Å². The van der Waals surface area contributed by atoms with Crippen molar-refractivity contribution in [3.63, 3.8) is 0 Å². The molecule has 0 fully saturated rings. The molecule has 0 saturated heterocycles. The third-order valence-corrected chi connectivity index (χ3v) is 4.04. The Labute approximate surface area is 95.9 Å². The molecule has 0 atom stereocenters. The lowest BCUT2D eigenvalue weighted by Crippen LogP contribution is -2.15. The summed E-state index contributed by atoms with van der Waals surface area (Å²) in [6.45, 7) is 6.67. The van der Waals surface area contributed by atoms with Crippen LogP contribution in [-0.4, -0.2) is 4.37 Å². The number of aromatic amines is 1. The molecule has 0 radical (unpaired) electrons. The molecule has 0 aromatic carbocycles. The molecule has 2 nitrogen and oxygen atoms in total. The predicted octanol–water partition coefficient (Wildman–Crippen LogP) is 3.68. The molecule has 3 heteroatoms. The van der Waals surface area contributed by atoms with Crippen molar-refractivity contribution in [1.82, 2.24) is 4.37 Å². The van der Waals surface area contributed by atoms with Gasteiger partial charge < -0.3 is 0 Å². The topological polar surface area (TPSA) is 32.9 Å². The fraction of sp³-hybridized carbons (Fsp3) is 0.750. The lowest BCUT2D eigenvalue weighted by molar-refractivity contribution is 0.453. The highest BCUT2D eigenvalue weighted by Gasteiger charge is 2.22. The van der Waals surface area contributed by atoms with Crippen LogP contribution in [-0.2, 0) is 5.41 Å². The number of hydrogen-bond acceptors (Lipinski definition) is 2. The van der Waals surface area contributed by atoms with E-state index in [0.29, 0.717) is 0 Å². The first-order valence-electron chi connectivity index (χ1n) is 5.75. The van der Waals surface area contributed by atoms with E-state index in [-0.39, 0.29) is 11.0 Å². The molecule has 1 rings (SSSR count). The van der Waals surface area contributed by atoms with E-state index in [1.165, 1.54) is 48.5 Å². The van der Waals surface area contributed by atoms with Gasteiger partial charge in [-0.05, 0) is 6.42 Å². The lowest BCUT2D eigenvalue weighted by atomic mass is 9.85. The van der Waals surface area contributed by atoms with Crippen LogP contribution in [0.5, 0.6) is 0 Å². The summed E-state index contributed by atoms with van der Waals surface area (Å²) in [4.78, 5) is 12.3. The van der Waals surface area contributed by atoms with Crippen molar-refractivity contribution < 1.29 is 0 Å². The van der Waals surface area contributed by atoms with E-state index in [2.05, 4.69) is 25.1 Å². The first-order chi connectivity index (χ1) is 7.06. The summed E-state index contributed by atoms with van der Waals surface area (Å²) < 4.78 is 2.76. The number of rotatable bonds is 6. The monoisotopic (exact) mass is 227 g/mol. The van der Waals surface area contributed by atoms with Crippen LogP contribution in [0.1, 0.15) is 57.8 Å². The molecule has 0 bridgehead atoms. The fourth-order valence-electron chi connectivity index (χ4n) is 1.73. The summed E-state index contributed by atoms with van der Waals surface area (Å²) in [6, 6.07) is 1.74. The van der Waals surface area contributed by atoms with Crippen molar-refractivity contribution in [2.75, 3.05) is 0 Å². The van der Waals surface area contributed by atoms with Gasteiger partial charge in [0, 0.05) is 16.4 Å². The van der Waals surface area contributed by atoms with Gasteiger partial charge in [0.1, 0.15) is 0 Å². The van der Waals surface area contributed by atoms with Crippen LogP contribution in [0.3, 0.4) is 0 Å². The third-order valence-electron chi connectivity index (χ3n) is 2.85. The Hall–Kier alpha value is -0.570. The average Bonchev–Trinajstić information content (AvgIpc) is 2.60. The molecular formula is C12H21NOS. The number of unbranched alkanes of at least 4 members (excludes halogenated alkanes) is 3. The van der Waals surface area contributed by atoms with Gasteiger partial charge in [0.25, 0.3) is 5.56 Å². The van der Waals surface area contributed by atoms with Crippen molar-refractivity contribution in [3.8, 4) is 0 Å².